The number of piperidine rings is 1. The van der Waals surface area contributed by atoms with Gasteiger partial charge in [0.15, 0.2) is 0 Å². The number of likely N-dealkylation sites (tertiary alicyclic amines) is 1. The van der Waals surface area contributed by atoms with Crippen LogP contribution in [-0.2, 0) is 14.8 Å². The highest BCUT2D eigenvalue weighted by Crippen LogP contribution is 2.31. The number of rotatable bonds is 8. The van der Waals surface area contributed by atoms with Gasteiger partial charge in [-0.15, -0.1) is 0 Å². The predicted octanol–water partition coefficient (Wildman–Crippen LogP) is 3.87. The zero-order chi connectivity index (χ0) is 27.4. The van der Waals surface area contributed by atoms with Gasteiger partial charge in [0.1, 0.15) is 0 Å². The van der Waals surface area contributed by atoms with Crippen LogP contribution in [0.25, 0.3) is 10.8 Å². The Balaban J connectivity index is 1.57. The normalized spacial score (nSPS) is 18.1. The van der Waals surface area contributed by atoms with Crippen LogP contribution >= 0.6 is 0 Å². The number of fused-ring (bicyclic) bond motifs is 1. The fourth-order valence-electron chi connectivity index (χ4n) is 5.09. The molecule has 8 nitrogen and oxygen atoms in total. The van der Waals surface area contributed by atoms with Gasteiger partial charge in [-0.1, -0.05) is 55.8 Å². The molecule has 0 unspecified atom stereocenters. The molecule has 4 rings (SSSR count). The molecule has 9 heteroatoms. The topological polar surface area (TPSA) is 98.8 Å². The predicted molar refractivity (Wildman–Crippen MR) is 151 cm³/mol. The molecule has 1 saturated heterocycles. The summed E-state index contributed by atoms with van der Waals surface area (Å²) < 4.78 is 30.2. The van der Waals surface area contributed by atoms with Gasteiger partial charge in [-0.2, -0.15) is 0 Å². The van der Waals surface area contributed by atoms with E-state index in [9.17, 15) is 18.0 Å². The number of nitrogens with one attached hydrogen (secondary N) is 2. The molecule has 1 fully saturated rings. The van der Waals surface area contributed by atoms with Crippen LogP contribution < -0.4 is 10.0 Å². The Morgan fingerprint density at radius 3 is 2.37 bits per heavy atom. The number of carbonyl (C=O) groups is 2. The summed E-state index contributed by atoms with van der Waals surface area (Å²) in [5.41, 5.74) is 1.97. The number of nitrogens with zero attached hydrogens (tertiary/aromatic N) is 2. The van der Waals surface area contributed by atoms with Crippen LogP contribution in [0.15, 0.2) is 65.6 Å². The number of amides is 2. The first kappa shape index (κ1) is 27.8. The first-order chi connectivity index (χ1) is 18.1. The Bertz CT molecular complexity index is 1440. The summed E-state index contributed by atoms with van der Waals surface area (Å²) in [5, 5.41) is 4.14. The van der Waals surface area contributed by atoms with E-state index in [2.05, 4.69) is 10.0 Å². The van der Waals surface area contributed by atoms with Crippen molar-refractivity contribution in [1.29, 1.82) is 0 Å². The second-order valence-corrected chi connectivity index (χ2v) is 11.9. The number of aryl methyl sites for hydroxylation is 1. The maximum Gasteiger partial charge on any atom is 0.255 e. The fourth-order valence-corrected chi connectivity index (χ4v) is 6.64. The van der Waals surface area contributed by atoms with Crippen molar-refractivity contribution in [3.8, 4) is 0 Å². The molecule has 0 radical (unpaired) electrons. The van der Waals surface area contributed by atoms with Gasteiger partial charge in [-0.25, -0.2) is 13.1 Å². The maximum absolute atomic E-state index is 13.7. The second-order valence-electron chi connectivity index (χ2n) is 10.2. The van der Waals surface area contributed by atoms with Crippen LogP contribution in [0.5, 0.6) is 0 Å². The van der Waals surface area contributed by atoms with E-state index in [1.54, 1.807) is 30.3 Å². The molecule has 0 saturated carbocycles. The average Bonchev–Trinajstić information content (AvgIpc) is 2.88. The van der Waals surface area contributed by atoms with Crippen molar-refractivity contribution in [2.45, 2.75) is 37.6 Å². The number of anilines is 1. The lowest BCUT2D eigenvalue weighted by Gasteiger charge is -2.39. The largest absolute Gasteiger partial charge is 0.341 e. The molecule has 2 atom stereocenters. The van der Waals surface area contributed by atoms with Gasteiger partial charge in [0, 0.05) is 41.2 Å². The highest BCUT2D eigenvalue weighted by Gasteiger charge is 2.34. The number of carbonyl (C=O) groups excluding carboxylic acids is 2. The summed E-state index contributed by atoms with van der Waals surface area (Å²) in [6.07, 6.45) is 1.31. The number of hydrogen-bond donors (Lipinski definition) is 2. The first-order valence-corrected chi connectivity index (χ1v) is 14.4. The Kier molecular flexibility index (Phi) is 8.50. The molecule has 38 heavy (non-hydrogen) atoms. The molecule has 0 aliphatic carbocycles. The van der Waals surface area contributed by atoms with Crippen molar-refractivity contribution in [2.75, 3.05) is 39.0 Å². The average molecular weight is 537 g/mol. The number of benzene rings is 3. The Morgan fingerprint density at radius 1 is 1.00 bits per heavy atom. The fraction of sp³-hybridized carbons (Fsp3) is 0.379. The Hall–Kier alpha value is -3.27. The van der Waals surface area contributed by atoms with E-state index >= 15 is 0 Å². The van der Waals surface area contributed by atoms with Crippen LogP contribution in [0.4, 0.5) is 5.69 Å². The van der Waals surface area contributed by atoms with Crippen LogP contribution in [0.2, 0.25) is 0 Å². The third-order valence-corrected chi connectivity index (χ3v) is 8.73. The lowest BCUT2D eigenvalue weighted by Crippen LogP contribution is -2.53. The summed E-state index contributed by atoms with van der Waals surface area (Å²) >= 11 is 0. The van der Waals surface area contributed by atoms with Crippen LogP contribution in [0, 0.1) is 12.8 Å². The van der Waals surface area contributed by atoms with E-state index in [1.807, 2.05) is 68.1 Å². The molecule has 3 aromatic rings. The summed E-state index contributed by atoms with van der Waals surface area (Å²) in [5.74, 6) is -0.170. The highest BCUT2D eigenvalue weighted by molar-refractivity contribution is 7.89. The zero-order valence-corrected chi connectivity index (χ0v) is 23.2. The molecule has 1 aliphatic rings. The molecule has 2 N–H and O–H groups in total. The SMILES string of the molecule is CC[C@H]1CN(C(=O)CN(C)C)CC[C@H]1NS(=O)(=O)c1ccc(NC(=O)c2ccccc2C)c2ccccc12. The standard InChI is InChI=1S/C29H36N4O4S/c1-5-21-18-33(28(34)19-32(3)4)17-16-25(21)31-38(36,37)27-15-14-26(23-12-8-9-13-24(23)27)30-29(35)22-11-7-6-10-20(22)2/h6-15,21,25,31H,5,16-19H2,1-4H3,(H,30,35)/t21-,25+/m0/s1. The van der Waals surface area contributed by atoms with E-state index in [-0.39, 0.29) is 28.7 Å². The van der Waals surface area contributed by atoms with Crippen LogP contribution in [-0.4, -0.2) is 69.8 Å². The molecular weight excluding hydrogens is 500 g/mol. The number of hydrogen-bond acceptors (Lipinski definition) is 5. The minimum absolute atomic E-state index is 0.0172. The molecule has 202 valence electrons. The molecule has 1 aliphatic heterocycles. The lowest BCUT2D eigenvalue weighted by molar-refractivity contribution is -0.133. The number of likely N-dealkylation sites (N-methyl/N-ethyl adjacent to an activating group) is 1. The van der Waals surface area contributed by atoms with E-state index in [0.29, 0.717) is 48.1 Å². The van der Waals surface area contributed by atoms with Gasteiger partial charge >= 0.3 is 0 Å². The van der Waals surface area contributed by atoms with E-state index in [0.717, 1.165) is 12.0 Å². The van der Waals surface area contributed by atoms with E-state index in [1.165, 1.54) is 0 Å². The molecule has 1 heterocycles. The van der Waals surface area contributed by atoms with Gasteiger partial charge in [-0.05, 0) is 57.1 Å². The van der Waals surface area contributed by atoms with Gasteiger partial charge in [0.25, 0.3) is 5.91 Å². The molecule has 0 spiro atoms. The van der Waals surface area contributed by atoms with Gasteiger partial charge < -0.3 is 15.1 Å². The summed E-state index contributed by atoms with van der Waals surface area (Å²) in [6.45, 7) is 5.28. The molecule has 0 bridgehead atoms. The quantitative estimate of drug-likeness (QED) is 0.456. The summed E-state index contributed by atoms with van der Waals surface area (Å²) in [4.78, 5) is 29.4. The maximum atomic E-state index is 13.7. The number of sulfonamides is 1. The van der Waals surface area contributed by atoms with Gasteiger partial charge in [-0.3, -0.25) is 9.59 Å². The molecule has 3 aromatic carbocycles. The van der Waals surface area contributed by atoms with Gasteiger partial charge in [0.05, 0.1) is 11.4 Å². The van der Waals surface area contributed by atoms with E-state index in [4.69, 9.17) is 0 Å². The molecule has 0 aromatic heterocycles. The minimum Gasteiger partial charge on any atom is -0.341 e. The molecule has 2 amide bonds. The van der Waals surface area contributed by atoms with Gasteiger partial charge in [0.2, 0.25) is 15.9 Å². The van der Waals surface area contributed by atoms with E-state index < -0.39 is 10.0 Å². The molecular formula is C29H36N4O4S. The van der Waals surface area contributed by atoms with Crippen LogP contribution in [0.1, 0.15) is 35.7 Å². The first-order valence-electron chi connectivity index (χ1n) is 12.9. The summed E-state index contributed by atoms with van der Waals surface area (Å²) in [6, 6.07) is 17.4. The van der Waals surface area contributed by atoms with Crippen LogP contribution in [0.3, 0.4) is 0 Å². The second kappa shape index (κ2) is 11.6. The van der Waals surface area contributed by atoms with Crippen molar-refractivity contribution in [3.63, 3.8) is 0 Å². The monoisotopic (exact) mass is 536 g/mol. The van der Waals surface area contributed by atoms with Crippen molar-refractivity contribution in [2.24, 2.45) is 5.92 Å². The summed E-state index contributed by atoms with van der Waals surface area (Å²) in [7, 11) is -0.143. The Labute approximate surface area is 225 Å². The third kappa shape index (κ3) is 6.06. The third-order valence-electron chi connectivity index (χ3n) is 7.18. The van der Waals surface area contributed by atoms with Crippen molar-refractivity contribution < 1.29 is 18.0 Å². The smallest absolute Gasteiger partial charge is 0.255 e. The zero-order valence-electron chi connectivity index (χ0n) is 22.4. The van der Waals surface area contributed by atoms with Crippen molar-refractivity contribution in [3.05, 3.63) is 71.8 Å². The van der Waals surface area contributed by atoms with Crippen molar-refractivity contribution in [1.82, 2.24) is 14.5 Å². The van der Waals surface area contributed by atoms with Crippen molar-refractivity contribution >= 4 is 38.3 Å². The minimum atomic E-state index is -3.86. The highest BCUT2D eigenvalue weighted by atomic mass is 32.2. The Morgan fingerprint density at radius 2 is 1.68 bits per heavy atom. The lowest BCUT2D eigenvalue weighted by atomic mass is 9.90.